The van der Waals surface area contributed by atoms with Crippen molar-refractivity contribution < 1.29 is 9.59 Å². The highest BCUT2D eigenvalue weighted by Crippen LogP contribution is 2.28. The molecule has 0 bridgehead atoms. The van der Waals surface area contributed by atoms with E-state index in [1.165, 1.54) is 22.7 Å². The van der Waals surface area contributed by atoms with Gasteiger partial charge in [0.15, 0.2) is 5.13 Å². The fourth-order valence-corrected chi connectivity index (χ4v) is 3.72. The van der Waals surface area contributed by atoms with E-state index in [4.69, 9.17) is 0 Å². The van der Waals surface area contributed by atoms with E-state index in [9.17, 15) is 9.59 Å². The molecule has 0 aromatic carbocycles. The number of nitrogens with one attached hydrogen (secondary N) is 1. The molecule has 0 radical (unpaired) electrons. The van der Waals surface area contributed by atoms with Gasteiger partial charge in [-0.1, -0.05) is 17.4 Å². The van der Waals surface area contributed by atoms with E-state index in [2.05, 4.69) is 10.3 Å². The average Bonchev–Trinajstić information content (AvgIpc) is 3.06. The minimum Gasteiger partial charge on any atom is -0.337 e. The maximum Gasteiger partial charge on any atom is 0.267 e. The van der Waals surface area contributed by atoms with Crippen LogP contribution in [0.15, 0.2) is 17.5 Å². The van der Waals surface area contributed by atoms with Gasteiger partial charge in [-0.2, -0.15) is 0 Å². The lowest BCUT2D eigenvalue weighted by Crippen LogP contribution is -2.33. The zero-order valence-corrected chi connectivity index (χ0v) is 12.5. The summed E-state index contributed by atoms with van der Waals surface area (Å²) in [5, 5.41) is 5.30. The van der Waals surface area contributed by atoms with Gasteiger partial charge in [0.1, 0.15) is 0 Å². The van der Waals surface area contributed by atoms with Crippen molar-refractivity contribution in [1.82, 2.24) is 9.88 Å². The van der Waals surface area contributed by atoms with Crippen LogP contribution in [0.25, 0.3) is 0 Å². The molecule has 1 N–H and O–H groups in total. The summed E-state index contributed by atoms with van der Waals surface area (Å²) >= 11 is 2.85. The molecule has 1 aliphatic heterocycles. The number of amides is 2. The molecular formula is C13H13N3O2S2. The topological polar surface area (TPSA) is 62.3 Å². The highest BCUT2D eigenvalue weighted by Gasteiger charge is 2.22. The quantitative estimate of drug-likeness (QED) is 0.926. The number of hydrogen-bond donors (Lipinski definition) is 1. The predicted octanol–water partition coefficient (Wildman–Crippen LogP) is 2.36. The Bertz CT molecular complexity index is 649. The molecule has 0 saturated carbocycles. The standard InChI is InChI=1S/C13H13N3O2S2/c1-8(17)16-5-4-9-11(7-16)20-13(14-9)15-12(18)10-3-2-6-19-10/h2-3,6H,4-5,7H2,1H3,(H,14,15,18). The SMILES string of the molecule is CC(=O)N1CCc2nc(NC(=O)c3cccs3)sc2C1. The summed E-state index contributed by atoms with van der Waals surface area (Å²) in [5.74, 6) is -0.0530. The van der Waals surface area contributed by atoms with Gasteiger partial charge >= 0.3 is 0 Å². The van der Waals surface area contributed by atoms with Crippen molar-refractivity contribution in [2.24, 2.45) is 0 Å². The minimum atomic E-state index is -0.130. The third-order valence-corrected chi connectivity index (χ3v) is 5.01. The van der Waals surface area contributed by atoms with Crippen LogP contribution < -0.4 is 5.32 Å². The van der Waals surface area contributed by atoms with Crippen LogP contribution in [0.4, 0.5) is 5.13 Å². The van der Waals surface area contributed by atoms with E-state index in [1.54, 1.807) is 17.9 Å². The van der Waals surface area contributed by atoms with Crippen LogP contribution in [0.1, 0.15) is 27.2 Å². The van der Waals surface area contributed by atoms with E-state index >= 15 is 0 Å². The zero-order valence-electron chi connectivity index (χ0n) is 10.9. The molecule has 0 aliphatic carbocycles. The van der Waals surface area contributed by atoms with Crippen LogP contribution in [0.3, 0.4) is 0 Å². The summed E-state index contributed by atoms with van der Waals surface area (Å²) in [6, 6.07) is 3.63. The number of carbonyl (C=O) groups is 2. The lowest BCUT2D eigenvalue weighted by molar-refractivity contribution is -0.129. The van der Waals surface area contributed by atoms with Gasteiger partial charge in [-0.05, 0) is 11.4 Å². The van der Waals surface area contributed by atoms with Gasteiger partial charge in [0.2, 0.25) is 5.91 Å². The fraction of sp³-hybridized carbons (Fsp3) is 0.308. The Morgan fingerprint density at radius 3 is 3.00 bits per heavy atom. The highest BCUT2D eigenvalue weighted by molar-refractivity contribution is 7.16. The Balaban J connectivity index is 1.74. The van der Waals surface area contributed by atoms with Crippen molar-refractivity contribution in [3.8, 4) is 0 Å². The van der Waals surface area contributed by atoms with Crippen molar-refractivity contribution in [3.05, 3.63) is 33.0 Å². The summed E-state index contributed by atoms with van der Waals surface area (Å²) in [7, 11) is 0. The Labute approximate surface area is 124 Å². The lowest BCUT2D eigenvalue weighted by atomic mass is 10.2. The maximum atomic E-state index is 12.0. The predicted molar refractivity (Wildman–Crippen MR) is 79.2 cm³/mol. The Morgan fingerprint density at radius 1 is 1.45 bits per heavy atom. The third kappa shape index (κ3) is 2.59. The van der Waals surface area contributed by atoms with Gasteiger partial charge in [-0.3, -0.25) is 14.9 Å². The first-order chi connectivity index (χ1) is 9.63. The van der Waals surface area contributed by atoms with Crippen LogP contribution >= 0.6 is 22.7 Å². The van der Waals surface area contributed by atoms with E-state index in [0.717, 1.165) is 17.0 Å². The second kappa shape index (κ2) is 5.34. The van der Waals surface area contributed by atoms with Crippen LogP contribution in [0, 0.1) is 0 Å². The lowest BCUT2D eigenvalue weighted by Gasteiger charge is -2.24. The molecule has 0 saturated heterocycles. The summed E-state index contributed by atoms with van der Waals surface area (Å²) in [4.78, 5) is 31.3. The molecule has 0 spiro atoms. The number of rotatable bonds is 2. The van der Waals surface area contributed by atoms with Crippen LogP contribution in [-0.2, 0) is 17.8 Å². The van der Waals surface area contributed by atoms with Crippen LogP contribution in [0.2, 0.25) is 0 Å². The van der Waals surface area contributed by atoms with E-state index in [0.29, 0.717) is 23.1 Å². The number of hydrogen-bond acceptors (Lipinski definition) is 5. The van der Waals surface area contributed by atoms with Crippen molar-refractivity contribution in [1.29, 1.82) is 0 Å². The van der Waals surface area contributed by atoms with E-state index in [1.807, 2.05) is 11.4 Å². The van der Waals surface area contributed by atoms with Crippen LogP contribution in [0.5, 0.6) is 0 Å². The first-order valence-electron chi connectivity index (χ1n) is 6.22. The summed E-state index contributed by atoms with van der Waals surface area (Å²) in [6.45, 7) is 2.87. The Hall–Kier alpha value is -1.73. The number of carbonyl (C=O) groups excluding carboxylic acids is 2. The van der Waals surface area contributed by atoms with Crippen molar-refractivity contribution in [2.75, 3.05) is 11.9 Å². The number of aromatic nitrogens is 1. The largest absolute Gasteiger partial charge is 0.337 e. The average molecular weight is 307 g/mol. The van der Waals surface area contributed by atoms with Crippen molar-refractivity contribution in [3.63, 3.8) is 0 Å². The molecule has 3 rings (SSSR count). The van der Waals surface area contributed by atoms with E-state index in [-0.39, 0.29) is 11.8 Å². The molecule has 2 aromatic rings. The minimum absolute atomic E-state index is 0.0771. The molecule has 104 valence electrons. The van der Waals surface area contributed by atoms with E-state index < -0.39 is 0 Å². The number of thiophene rings is 1. The molecule has 2 amide bonds. The maximum absolute atomic E-state index is 12.0. The molecule has 2 aromatic heterocycles. The van der Waals surface area contributed by atoms with Gasteiger partial charge < -0.3 is 4.90 Å². The molecular weight excluding hydrogens is 294 g/mol. The molecule has 1 aliphatic rings. The monoisotopic (exact) mass is 307 g/mol. The molecule has 0 unspecified atom stereocenters. The van der Waals surface area contributed by atoms with Gasteiger partial charge in [0.25, 0.3) is 5.91 Å². The third-order valence-electron chi connectivity index (χ3n) is 3.14. The molecule has 3 heterocycles. The number of fused-ring (bicyclic) bond motifs is 1. The molecule has 0 atom stereocenters. The summed E-state index contributed by atoms with van der Waals surface area (Å²) in [5.41, 5.74) is 0.994. The fourth-order valence-electron chi connectivity index (χ4n) is 2.08. The van der Waals surface area contributed by atoms with Gasteiger partial charge in [0, 0.05) is 24.8 Å². The second-order valence-electron chi connectivity index (χ2n) is 4.51. The Kier molecular flexibility index (Phi) is 3.54. The second-order valence-corrected chi connectivity index (χ2v) is 6.54. The molecule has 0 fully saturated rings. The summed E-state index contributed by atoms with van der Waals surface area (Å²) < 4.78 is 0. The number of thiazole rings is 1. The zero-order chi connectivity index (χ0) is 14.1. The van der Waals surface area contributed by atoms with Crippen molar-refractivity contribution >= 4 is 39.6 Å². The first kappa shape index (κ1) is 13.3. The number of nitrogens with zero attached hydrogens (tertiary/aromatic N) is 2. The molecule has 7 heteroatoms. The highest BCUT2D eigenvalue weighted by atomic mass is 32.1. The molecule has 20 heavy (non-hydrogen) atoms. The van der Waals surface area contributed by atoms with Crippen LogP contribution in [-0.4, -0.2) is 28.2 Å². The normalized spacial score (nSPS) is 13.9. The number of anilines is 1. The summed E-state index contributed by atoms with van der Waals surface area (Å²) in [6.07, 6.45) is 0.750. The van der Waals surface area contributed by atoms with Crippen molar-refractivity contribution in [2.45, 2.75) is 19.9 Å². The molecule has 5 nitrogen and oxygen atoms in total. The van der Waals surface area contributed by atoms with Gasteiger partial charge in [0.05, 0.1) is 17.1 Å². The first-order valence-corrected chi connectivity index (χ1v) is 7.92. The smallest absolute Gasteiger partial charge is 0.267 e. The van der Waals surface area contributed by atoms with Gasteiger partial charge in [-0.25, -0.2) is 4.98 Å². The Morgan fingerprint density at radius 2 is 2.30 bits per heavy atom. The van der Waals surface area contributed by atoms with Gasteiger partial charge in [-0.15, -0.1) is 11.3 Å².